The molecule has 6 rings (SSSR count). The average molecular weight is 550 g/mol. The van der Waals surface area contributed by atoms with Gasteiger partial charge in [0.05, 0.1) is 42.2 Å². The number of aromatic nitrogens is 3. The third-order valence-corrected chi connectivity index (χ3v) is 8.40. The van der Waals surface area contributed by atoms with E-state index >= 15 is 8.78 Å². The molecule has 9 nitrogen and oxygen atoms in total. The summed E-state index contributed by atoms with van der Waals surface area (Å²) in [6, 6.07) is 5.66. The minimum absolute atomic E-state index is 0.00933. The van der Waals surface area contributed by atoms with Gasteiger partial charge in [-0.05, 0) is 54.5 Å². The Morgan fingerprint density at radius 1 is 1.18 bits per heavy atom. The quantitative estimate of drug-likeness (QED) is 0.432. The van der Waals surface area contributed by atoms with Crippen LogP contribution in [0, 0.1) is 29.4 Å². The van der Waals surface area contributed by atoms with Gasteiger partial charge in [0, 0.05) is 43.3 Å². The maximum absolute atomic E-state index is 15.1. The number of nitrogens with one attached hydrogen (secondary N) is 2. The number of carbonyl (C=O) groups is 1. The first-order valence-corrected chi connectivity index (χ1v) is 13.7. The van der Waals surface area contributed by atoms with Gasteiger partial charge >= 0.3 is 0 Å². The Balaban J connectivity index is 1.25. The summed E-state index contributed by atoms with van der Waals surface area (Å²) in [4.78, 5) is 20.5. The number of hydrogen-bond acceptors (Lipinski definition) is 7. The van der Waals surface area contributed by atoms with Crippen LogP contribution in [0.2, 0.25) is 0 Å². The SMILES string of the molecule is CC(=O)N[C@@H]1[C@H](N)C[C@H](C2C=CN=CC2Nc2ncc3ccc(-c4c(F)cc(C5COC5)cc4F)nn23)C[C@@H]1C. The first-order chi connectivity index (χ1) is 19.3. The molecular formula is C29H33F2N7O2. The highest BCUT2D eigenvalue weighted by molar-refractivity contribution is 5.73. The number of rotatable bonds is 6. The van der Waals surface area contributed by atoms with E-state index in [1.165, 1.54) is 19.1 Å². The van der Waals surface area contributed by atoms with Crippen LogP contribution >= 0.6 is 0 Å². The van der Waals surface area contributed by atoms with Crippen LogP contribution in [0.1, 0.15) is 38.2 Å². The van der Waals surface area contributed by atoms with Crippen molar-refractivity contribution in [3.63, 3.8) is 0 Å². The van der Waals surface area contributed by atoms with Crippen LogP contribution in [0.5, 0.6) is 0 Å². The number of hydrogen-bond donors (Lipinski definition) is 3. The number of carbonyl (C=O) groups excluding carboxylic acids is 1. The highest BCUT2D eigenvalue weighted by atomic mass is 19.1. The van der Waals surface area contributed by atoms with Gasteiger partial charge in [-0.3, -0.25) is 9.79 Å². The lowest BCUT2D eigenvalue weighted by Crippen LogP contribution is -2.56. The van der Waals surface area contributed by atoms with Crippen molar-refractivity contribution in [2.75, 3.05) is 18.5 Å². The minimum Gasteiger partial charge on any atom is -0.380 e. The van der Waals surface area contributed by atoms with E-state index in [9.17, 15) is 4.79 Å². The van der Waals surface area contributed by atoms with Crippen LogP contribution in [0.15, 0.2) is 47.7 Å². The van der Waals surface area contributed by atoms with Crippen molar-refractivity contribution in [3.8, 4) is 11.3 Å². The van der Waals surface area contributed by atoms with Gasteiger partial charge in [-0.15, -0.1) is 0 Å². The average Bonchev–Trinajstić information content (AvgIpc) is 3.27. The summed E-state index contributed by atoms with van der Waals surface area (Å²) in [6.07, 6.45) is 9.02. The van der Waals surface area contributed by atoms with E-state index in [0.29, 0.717) is 30.2 Å². The molecule has 0 bridgehead atoms. The molecule has 1 saturated carbocycles. The van der Waals surface area contributed by atoms with Crippen LogP contribution < -0.4 is 16.4 Å². The second kappa shape index (κ2) is 10.7. The van der Waals surface area contributed by atoms with Crippen LogP contribution in [0.3, 0.4) is 0 Å². The third-order valence-electron chi connectivity index (χ3n) is 8.40. The zero-order valence-electron chi connectivity index (χ0n) is 22.4. The lowest BCUT2D eigenvalue weighted by molar-refractivity contribution is -0.120. The molecule has 2 aliphatic heterocycles. The second-order valence-corrected chi connectivity index (χ2v) is 11.2. The molecule has 40 heavy (non-hydrogen) atoms. The number of nitrogens with two attached hydrogens (primary N) is 1. The van der Waals surface area contributed by atoms with Crippen LogP contribution in [-0.2, 0) is 9.53 Å². The molecule has 3 aliphatic rings. The van der Waals surface area contributed by atoms with Crippen molar-refractivity contribution in [1.82, 2.24) is 19.9 Å². The topological polar surface area (TPSA) is 119 Å². The predicted octanol–water partition coefficient (Wildman–Crippen LogP) is 3.66. The zero-order valence-corrected chi connectivity index (χ0v) is 22.4. The van der Waals surface area contributed by atoms with E-state index in [2.05, 4.69) is 38.7 Å². The molecule has 1 amide bonds. The van der Waals surface area contributed by atoms with Crippen molar-refractivity contribution in [2.45, 2.75) is 50.7 Å². The number of imidazole rings is 1. The number of ether oxygens (including phenoxy) is 1. The molecule has 11 heteroatoms. The number of aliphatic imine (C=N–C) groups is 1. The summed E-state index contributed by atoms with van der Waals surface area (Å²) >= 11 is 0. The van der Waals surface area contributed by atoms with Gasteiger partial charge in [0.25, 0.3) is 0 Å². The Morgan fingerprint density at radius 3 is 2.62 bits per heavy atom. The summed E-state index contributed by atoms with van der Waals surface area (Å²) in [6.45, 7) is 4.57. The fourth-order valence-electron chi connectivity index (χ4n) is 6.30. The van der Waals surface area contributed by atoms with Crippen LogP contribution in [-0.4, -0.2) is 58.1 Å². The summed E-state index contributed by atoms with van der Waals surface area (Å²) in [5, 5.41) is 11.0. The molecule has 2 aromatic heterocycles. The van der Waals surface area contributed by atoms with Crippen molar-refractivity contribution in [2.24, 2.45) is 28.5 Å². The molecule has 0 radical (unpaired) electrons. The van der Waals surface area contributed by atoms with E-state index < -0.39 is 11.6 Å². The molecular weight excluding hydrogens is 516 g/mol. The summed E-state index contributed by atoms with van der Waals surface area (Å²) in [7, 11) is 0. The van der Waals surface area contributed by atoms with Crippen LogP contribution in [0.4, 0.5) is 14.7 Å². The first kappa shape index (κ1) is 26.5. The standard InChI is InChI=1S/C29H33F2N7O2/c1-15-7-18(10-24(32)28(15)35-16(2)39)21-5-6-33-12-26(21)36-29-34-11-20-3-4-25(37-38(20)29)27-22(30)8-17(9-23(27)31)19-13-40-14-19/h3-6,8-9,11-12,15,18-19,21,24,26,28H,7,10,13-14,32H2,1-2H3,(H,34,36)(H,35,39)/t15-,18+,21?,24+,26?,28-/m0/s1. The molecule has 2 unspecified atom stereocenters. The molecule has 3 aromatic rings. The van der Waals surface area contributed by atoms with Gasteiger partial charge in [-0.2, -0.15) is 9.61 Å². The summed E-state index contributed by atoms with van der Waals surface area (Å²) < 4.78 is 37.0. The van der Waals surface area contributed by atoms with E-state index in [1.54, 1.807) is 29.0 Å². The second-order valence-electron chi connectivity index (χ2n) is 11.2. The smallest absolute Gasteiger partial charge is 0.225 e. The van der Waals surface area contributed by atoms with E-state index in [0.717, 1.165) is 12.8 Å². The van der Waals surface area contributed by atoms with Gasteiger partial charge in [0.1, 0.15) is 11.6 Å². The molecule has 4 N–H and O–H groups in total. The lowest BCUT2D eigenvalue weighted by Gasteiger charge is -2.43. The number of benzene rings is 1. The fourth-order valence-corrected chi connectivity index (χ4v) is 6.30. The summed E-state index contributed by atoms with van der Waals surface area (Å²) in [5.74, 6) is -0.379. The maximum atomic E-state index is 15.1. The third kappa shape index (κ3) is 4.99. The highest BCUT2D eigenvalue weighted by Gasteiger charge is 2.39. The lowest BCUT2D eigenvalue weighted by atomic mass is 9.69. The Labute approximate surface area is 230 Å². The molecule has 1 saturated heterocycles. The molecule has 6 atom stereocenters. The van der Waals surface area contributed by atoms with Gasteiger partial charge < -0.3 is 21.1 Å². The number of amides is 1. The van der Waals surface area contributed by atoms with Gasteiger partial charge in [0.2, 0.25) is 11.9 Å². The van der Waals surface area contributed by atoms with Gasteiger partial charge in [-0.25, -0.2) is 13.8 Å². The number of halogens is 2. The predicted molar refractivity (Wildman–Crippen MR) is 148 cm³/mol. The number of anilines is 1. The van der Waals surface area contributed by atoms with Gasteiger partial charge in [-0.1, -0.05) is 13.0 Å². The van der Waals surface area contributed by atoms with Crippen molar-refractivity contribution < 1.29 is 18.3 Å². The molecule has 210 valence electrons. The minimum atomic E-state index is -0.659. The largest absolute Gasteiger partial charge is 0.380 e. The summed E-state index contributed by atoms with van der Waals surface area (Å²) in [5.41, 5.74) is 7.78. The van der Waals surface area contributed by atoms with Gasteiger partial charge in [0.15, 0.2) is 0 Å². The Kier molecular flexibility index (Phi) is 7.09. The van der Waals surface area contributed by atoms with E-state index in [1.807, 2.05) is 6.21 Å². The molecule has 1 aromatic carbocycles. The number of fused-ring (bicyclic) bond motifs is 1. The van der Waals surface area contributed by atoms with Crippen molar-refractivity contribution in [1.29, 1.82) is 0 Å². The Hall–Kier alpha value is -3.70. The molecule has 4 heterocycles. The van der Waals surface area contributed by atoms with E-state index in [4.69, 9.17) is 10.5 Å². The molecule has 0 spiro atoms. The van der Waals surface area contributed by atoms with Crippen LogP contribution in [0.25, 0.3) is 16.8 Å². The normalized spacial score (nSPS) is 28.4. The zero-order chi connectivity index (χ0) is 28.0. The molecule has 2 fully saturated rings. The maximum Gasteiger partial charge on any atom is 0.225 e. The molecule has 1 aliphatic carbocycles. The Bertz CT molecular complexity index is 1450. The monoisotopic (exact) mass is 549 g/mol. The highest BCUT2D eigenvalue weighted by Crippen LogP contribution is 2.37. The van der Waals surface area contributed by atoms with E-state index in [-0.39, 0.29) is 59.0 Å². The van der Waals surface area contributed by atoms with Crippen molar-refractivity contribution >= 4 is 23.6 Å². The number of nitrogens with zero attached hydrogens (tertiary/aromatic N) is 4. The Morgan fingerprint density at radius 2 is 1.95 bits per heavy atom. The first-order valence-electron chi connectivity index (χ1n) is 13.7. The fraction of sp³-hybridized carbons (Fsp3) is 0.448. The van der Waals surface area contributed by atoms with Crippen molar-refractivity contribution in [3.05, 3.63) is 59.9 Å².